The number of rotatable bonds is 1. The number of aliphatic hydroxyl groups excluding tert-OH is 1. The molecule has 1 aromatic rings. The number of aliphatic hydroxyl groups is 1. The largest absolute Gasteiger partial charge is 0.391 e. The number of nitrogens with zero attached hydrogens (tertiary/aromatic N) is 2. The van der Waals surface area contributed by atoms with Crippen LogP contribution in [0.5, 0.6) is 0 Å². The molecular weight excluding hydrogens is 228 g/mol. The lowest BCUT2D eigenvalue weighted by Gasteiger charge is -2.34. The van der Waals surface area contributed by atoms with Gasteiger partial charge in [0.05, 0.1) is 17.7 Å². The van der Waals surface area contributed by atoms with Crippen molar-refractivity contribution in [3.63, 3.8) is 0 Å². The second kappa shape index (κ2) is 5.19. The van der Waals surface area contributed by atoms with Gasteiger partial charge in [0, 0.05) is 18.7 Å². The van der Waals surface area contributed by atoms with Crippen LogP contribution in [0.15, 0.2) is 24.3 Å². The number of benzene rings is 1. The minimum Gasteiger partial charge on any atom is -0.391 e. The van der Waals surface area contributed by atoms with Crippen LogP contribution < -0.4 is 0 Å². The third-order valence-corrected chi connectivity index (χ3v) is 3.44. The van der Waals surface area contributed by atoms with Crippen LogP contribution in [0.3, 0.4) is 0 Å². The summed E-state index contributed by atoms with van der Waals surface area (Å²) >= 11 is 0. The zero-order valence-corrected chi connectivity index (χ0v) is 10.3. The summed E-state index contributed by atoms with van der Waals surface area (Å²) in [6.45, 7) is 3.02. The van der Waals surface area contributed by atoms with Crippen LogP contribution in [-0.4, -0.2) is 35.1 Å². The predicted octanol–water partition coefficient (Wildman–Crippen LogP) is 1.40. The van der Waals surface area contributed by atoms with Crippen molar-refractivity contribution >= 4 is 5.91 Å². The molecule has 1 aromatic carbocycles. The number of hydrogen-bond acceptors (Lipinski definition) is 3. The molecule has 0 aliphatic carbocycles. The molecule has 0 radical (unpaired) electrons. The summed E-state index contributed by atoms with van der Waals surface area (Å²) in [5, 5.41) is 18.6. The van der Waals surface area contributed by atoms with Gasteiger partial charge in [-0.2, -0.15) is 5.26 Å². The third-order valence-electron chi connectivity index (χ3n) is 3.44. The van der Waals surface area contributed by atoms with Crippen LogP contribution in [0.4, 0.5) is 0 Å². The fourth-order valence-corrected chi connectivity index (χ4v) is 2.14. The Morgan fingerprint density at radius 3 is 3.00 bits per heavy atom. The van der Waals surface area contributed by atoms with Crippen molar-refractivity contribution in [2.75, 3.05) is 13.1 Å². The molecule has 2 rings (SSSR count). The average molecular weight is 244 g/mol. The first-order valence-corrected chi connectivity index (χ1v) is 6.09. The monoisotopic (exact) mass is 244 g/mol. The van der Waals surface area contributed by atoms with Crippen molar-refractivity contribution in [2.24, 2.45) is 5.92 Å². The Balaban J connectivity index is 2.14. The summed E-state index contributed by atoms with van der Waals surface area (Å²) in [6.07, 6.45) is 0.354. The smallest absolute Gasteiger partial charge is 0.253 e. The van der Waals surface area contributed by atoms with Gasteiger partial charge in [0.2, 0.25) is 0 Å². The topological polar surface area (TPSA) is 64.3 Å². The number of nitriles is 1. The molecule has 0 bridgehead atoms. The zero-order chi connectivity index (χ0) is 13.1. The zero-order valence-electron chi connectivity index (χ0n) is 10.3. The van der Waals surface area contributed by atoms with Gasteiger partial charge in [0.1, 0.15) is 0 Å². The maximum absolute atomic E-state index is 12.2. The molecule has 0 spiro atoms. The third kappa shape index (κ3) is 2.52. The summed E-state index contributed by atoms with van der Waals surface area (Å²) in [6, 6.07) is 8.69. The first-order chi connectivity index (χ1) is 8.61. The molecule has 18 heavy (non-hydrogen) atoms. The van der Waals surface area contributed by atoms with E-state index in [9.17, 15) is 9.90 Å². The molecule has 1 fully saturated rings. The van der Waals surface area contributed by atoms with Gasteiger partial charge in [-0.05, 0) is 30.5 Å². The Bertz CT molecular complexity index is 493. The quantitative estimate of drug-likeness (QED) is 0.812. The lowest BCUT2D eigenvalue weighted by molar-refractivity contribution is 0.0248. The molecule has 94 valence electrons. The molecule has 1 N–H and O–H groups in total. The van der Waals surface area contributed by atoms with Gasteiger partial charge in [0.15, 0.2) is 0 Å². The van der Waals surface area contributed by atoms with Crippen LogP contribution in [-0.2, 0) is 0 Å². The number of carbonyl (C=O) groups excluding carboxylic acids is 1. The van der Waals surface area contributed by atoms with E-state index in [0.717, 1.165) is 6.42 Å². The van der Waals surface area contributed by atoms with Gasteiger partial charge in [-0.25, -0.2) is 0 Å². The second-order valence-electron chi connectivity index (χ2n) is 4.78. The maximum Gasteiger partial charge on any atom is 0.253 e. The molecule has 4 heteroatoms. The molecule has 4 nitrogen and oxygen atoms in total. The first kappa shape index (κ1) is 12.6. The average Bonchev–Trinajstić information content (AvgIpc) is 2.41. The van der Waals surface area contributed by atoms with Gasteiger partial charge in [-0.15, -0.1) is 0 Å². The van der Waals surface area contributed by atoms with Crippen molar-refractivity contribution in [3.8, 4) is 6.07 Å². The number of piperidine rings is 1. The van der Waals surface area contributed by atoms with Gasteiger partial charge in [0.25, 0.3) is 5.91 Å². The predicted molar refractivity (Wildman–Crippen MR) is 66.8 cm³/mol. The molecule has 1 aliphatic heterocycles. The summed E-state index contributed by atoms with van der Waals surface area (Å²) in [4.78, 5) is 13.9. The second-order valence-corrected chi connectivity index (χ2v) is 4.78. The fraction of sp³-hybridized carbons (Fsp3) is 0.429. The first-order valence-electron chi connectivity index (χ1n) is 6.09. The van der Waals surface area contributed by atoms with E-state index in [0.29, 0.717) is 24.2 Å². The normalized spacial score (nSPS) is 23.5. The van der Waals surface area contributed by atoms with E-state index in [-0.39, 0.29) is 11.8 Å². The van der Waals surface area contributed by atoms with Crippen molar-refractivity contribution in [3.05, 3.63) is 35.4 Å². The van der Waals surface area contributed by atoms with E-state index < -0.39 is 6.10 Å². The van der Waals surface area contributed by atoms with Crippen LogP contribution in [0, 0.1) is 17.2 Å². The Labute approximate surface area is 106 Å². The number of carbonyl (C=O) groups is 1. The van der Waals surface area contributed by atoms with Crippen LogP contribution in [0.25, 0.3) is 0 Å². The standard InChI is InChI=1S/C14H16N2O2/c1-10-5-6-16(9-13(10)17)14(18)12-4-2-3-11(7-12)8-15/h2-4,7,10,13,17H,5-6,9H2,1H3. The van der Waals surface area contributed by atoms with Crippen molar-refractivity contribution in [1.29, 1.82) is 5.26 Å². The Morgan fingerprint density at radius 1 is 1.56 bits per heavy atom. The minimum absolute atomic E-state index is 0.113. The highest BCUT2D eigenvalue weighted by Crippen LogP contribution is 2.19. The lowest BCUT2D eigenvalue weighted by Crippen LogP contribution is -2.45. The SMILES string of the molecule is CC1CCN(C(=O)c2cccc(C#N)c2)CC1O. The molecule has 1 amide bonds. The van der Waals surface area contributed by atoms with E-state index in [4.69, 9.17) is 5.26 Å². The highest BCUT2D eigenvalue weighted by molar-refractivity contribution is 5.94. The van der Waals surface area contributed by atoms with Crippen molar-refractivity contribution in [2.45, 2.75) is 19.4 Å². The molecule has 1 heterocycles. The van der Waals surface area contributed by atoms with Gasteiger partial charge < -0.3 is 10.0 Å². The Kier molecular flexibility index (Phi) is 3.63. The van der Waals surface area contributed by atoms with Crippen molar-refractivity contribution < 1.29 is 9.90 Å². The summed E-state index contributed by atoms with van der Waals surface area (Å²) < 4.78 is 0. The van der Waals surface area contributed by atoms with E-state index >= 15 is 0 Å². The summed E-state index contributed by atoms with van der Waals surface area (Å²) in [5.74, 6) is 0.123. The summed E-state index contributed by atoms with van der Waals surface area (Å²) in [7, 11) is 0. The number of likely N-dealkylation sites (tertiary alicyclic amines) is 1. The van der Waals surface area contributed by atoms with E-state index in [1.807, 2.05) is 13.0 Å². The fourth-order valence-electron chi connectivity index (χ4n) is 2.14. The van der Waals surface area contributed by atoms with E-state index in [1.165, 1.54) is 0 Å². The molecular formula is C14H16N2O2. The Hall–Kier alpha value is -1.86. The molecule has 2 unspecified atom stereocenters. The Morgan fingerprint density at radius 2 is 2.33 bits per heavy atom. The lowest BCUT2D eigenvalue weighted by atomic mass is 9.95. The number of amides is 1. The summed E-state index contributed by atoms with van der Waals surface area (Å²) in [5.41, 5.74) is 0.988. The number of β-amino-alcohol motifs (C(OH)–C–C–N with tert-alkyl or cyclic N) is 1. The number of hydrogen-bond donors (Lipinski definition) is 1. The van der Waals surface area contributed by atoms with E-state index in [2.05, 4.69) is 0 Å². The van der Waals surface area contributed by atoms with Crippen LogP contribution in [0.2, 0.25) is 0 Å². The van der Waals surface area contributed by atoms with Crippen LogP contribution >= 0.6 is 0 Å². The minimum atomic E-state index is -0.457. The molecule has 1 saturated heterocycles. The molecule has 0 saturated carbocycles. The highest BCUT2D eigenvalue weighted by atomic mass is 16.3. The molecule has 0 aromatic heterocycles. The van der Waals surface area contributed by atoms with E-state index in [1.54, 1.807) is 29.2 Å². The highest BCUT2D eigenvalue weighted by Gasteiger charge is 2.27. The maximum atomic E-state index is 12.2. The molecule has 1 aliphatic rings. The van der Waals surface area contributed by atoms with Gasteiger partial charge >= 0.3 is 0 Å². The van der Waals surface area contributed by atoms with Gasteiger partial charge in [-0.3, -0.25) is 4.79 Å². The molecule has 2 atom stereocenters. The van der Waals surface area contributed by atoms with Crippen LogP contribution in [0.1, 0.15) is 29.3 Å². The van der Waals surface area contributed by atoms with Gasteiger partial charge in [-0.1, -0.05) is 13.0 Å². The van der Waals surface area contributed by atoms with Crippen molar-refractivity contribution in [1.82, 2.24) is 4.90 Å².